The Balaban J connectivity index is 1.81. The lowest BCUT2D eigenvalue weighted by Crippen LogP contribution is -2.54. The first-order valence-corrected chi connectivity index (χ1v) is 11.1. The summed E-state index contributed by atoms with van der Waals surface area (Å²) in [6, 6.07) is 6.13. The van der Waals surface area contributed by atoms with E-state index in [0.29, 0.717) is 19.3 Å². The first kappa shape index (κ1) is 22.6. The predicted octanol–water partition coefficient (Wildman–Crippen LogP) is 1.28. The molecule has 0 spiro atoms. The van der Waals surface area contributed by atoms with Gasteiger partial charge in [0.15, 0.2) is 0 Å². The molecule has 1 saturated heterocycles. The Hall–Kier alpha value is -1.68. The maximum atomic E-state index is 12.3. The second kappa shape index (κ2) is 10.2. The Labute approximate surface area is 167 Å². The van der Waals surface area contributed by atoms with Crippen molar-refractivity contribution in [3.8, 4) is 0 Å². The molecule has 2 amide bonds. The van der Waals surface area contributed by atoms with E-state index in [0.717, 1.165) is 5.56 Å². The molecule has 1 aromatic carbocycles. The van der Waals surface area contributed by atoms with E-state index < -0.39 is 16.1 Å². The van der Waals surface area contributed by atoms with E-state index in [1.54, 1.807) is 24.3 Å². The van der Waals surface area contributed by atoms with E-state index >= 15 is 0 Å². The Morgan fingerprint density at radius 3 is 2.54 bits per heavy atom. The summed E-state index contributed by atoms with van der Waals surface area (Å²) in [4.78, 5) is 12.1. The zero-order chi connectivity index (χ0) is 20.7. The molecular formula is C19H31N3O5S. The zero-order valence-corrected chi connectivity index (χ0v) is 17.5. The molecule has 3 atom stereocenters. The monoisotopic (exact) mass is 413 g/mol. The molecule has 8 nitrogen and oxygen atoms in total. The average Bonchev–Trinajstić information content (AvgIpc) is 2.62. The Morgan fingerprint density at radius 2 is 1.93 bits per heavy atom. The number of nitrogens with one attached hydrogen (secondary N) is 3. The molecule has 1 aliphatic heterocycles. The van der Waals surface area contributed by atoms with Crippen LogP contribution in [0, 0.1) is 6.92 Å². The lowest BCUT2D eigenvalue weighted by atomic mass is 9.97. The summed E-state index contributed by atoms with van der Waals surface area (Å²) in [7, 11) is -3.56. The number of carbonyl (C=O) groups is 1. The van der Waals surface area contributed by atoms with Crippen LogP contribution in [0.3, 0.4) is 0 Å². The third kappa shape index (κ3) is 6.73. The van der Waals surface area contributed by atoms with Crippen LogP contribution in [0.4, 0.5) is 4.79 Å². The molecule has 0 aliphatic carbocycles. The Bertz CT molecular complexity index is 736. The molecule has 0 bridgehead atoms. The lowest BCUT2D eigenvalue weighted by molar-refractivity contribution is -0.0886. The molecule has 1 fully saturated rings. The van der Waals surface area contributed by atoms with Gasteiger partial charge in [-0.3, -0.25) is 0 Å². The summed E-state index contributed by atoms with van der Waals surface area (Å²) in [5, 5.41) is 15.2. The summed E-state index contributed by atoms with van der Waals surface area (Å²) in [5.74, 6) is 0. The number of hydrogen-bond acceptors (Lipinski definition) is 5. The molecule has 9 heteroatoms. The number of benzene rings is 1. The van der Waals surface area contributed by atoms with Crippen molar-refractivity contribution in [3.63, 3.8) is 0 Å². The second-order valence-corrected chi connectivity index (χ2v) is 9.20. The summed E-state index contributed by atoms with van der Waals surface area (Å²) in [6.45, 7) is 5.67. The highest BCUT2D eigenvalue weighted by Gasteiger charge is 2.32. The smallest absolute Gasteiger partial charge is 0.315 e. The number of rotatable bonds is 8. The summed E-state index contributed by atoms with van der Waals surface area (Å²) < 4.78 is 33.1. The van der Waals surface area contributed by atoms with Crippen molar-refractivity contribution in [2.75, 3.05) is 13.2 Å². The maximum absolute atomic E-state index is 12.3. The van der Waals surface area contributed by atoms with Gasteiger partial charge in [-0.05, 0) is 52.2 Å². The van der Waals surface area contributed by atoms with E-state index in [1.165, 1.54) is 0 Å². The van der Waals surface area contributed by atoms with Crippen LogP contribution in [0.2, 0.25) is 0 Å². The normalized spacial score (nSPS) is 22.8. The molecule has 1 aliphatic rings. The first-order valence-electron chi connectivity index (χ1n) is 9.61. The van der Waals surface area contributed by atoms with Gasteiger partial charge in [0.1, 0.15) is 6.10 Å². The highest BCUT2D eigenvalue weighted by molar-refractivity contribution is 7.89. The fraction of sp³-hybridized carbons (Fsp3) is 0.632. The van der Waals surface area contributed by atoms with Crippen LogP contribution in [-0.2, 0) is 14.8 Å². The minimum absolute atomic E-state index is 0.0198. The van der Waals surface area contributed by atoms with Crippen molar-refractivity contribution >= 4 is 16.1 Å². The standard InChI is InChI=1S/C19H31N3O5S/c1-13(2)21-19(24)22-17-9-6-15(27-18(17)12-23)10-11-20-28(25,26)16-7-4-14(3)5-8-16/h4-5,7-8,13,15,17-18,20,23H,6,9-12H2,1-3H3,(H2,21,22,24)/t15-,17+,18+/m1/s1. The molecule has 158 valence electrons. The number of aryl methyl sites for hydroxylation is 1. The summed E-state index contributed by atoms with van der Waals surface area (Å²) in [6.07, 6.45) is 1.14. The van der Waals surface area contributed by atoms with Gasteiger partial charge in [-0.15, -0.1) is 0 Å². The van der Waals surface area contributed by atoms with Crippen molar-refractivity contribution in [2.45, 2.75) is 69.2 Å². The minimum atomic E-state index is -3.56. The number of ether oxygens (including phenoxy) is 1. The van der Waals surface area contributed by atoms with Gasteiger partial charge in [-0.1, -0.05) is 17.7 Å². The van der Waals surface area contributed by atoms with Crippen LogP contribution in [0.15, 0.2) is 29.2 Å². The molecule has 4 N–H and O–H groups in total. The van der Waals surface area contributed by atoms with Crippen molar-refractivity contribution in [2.24, 2.45) is 0 Å². The van der Waals surface area contributed by atoms with Crippen LogP contribution in [-0.4, -0.2) is 57.0 Å². The largest absolute Gasteiger partial charge is 0.394 e. The summed E-state index contributed by atoms with van der Waals surface area (Å²) in [5.41, 5.74) is 0.995. The summed E-state index contributed by atoms with van der Waals surface area (Å²) >= 11 is 0. The van der Waals surface area contributed by atoms with Crippen LogP contribution in [0.1, 0.15) is 38.7 Å². The minimum Gasteiger partial charge on any atom is -0.394 e. The van der Waals surface area contributed by atoms with E-state index in [4.69, 9.17) is 4.74 Å². The van der Waals surface area contributed by atoms with E-state index in [1.807, 2.05) is 20.8 Å². The first-order chi connectivity index (χ1) is 13.2. The number of aliphatic hydroxyl groups is 1. The van der Waals surface area contributed by atoms with Gasteiger partial charge < -0.3 is 20.5 Å². The van der Waals surface area contributed by atoms with Gasteiger partial charge in [0.05, 0.1) is 23.6 Å². The number of carbonyl (C=O) groups excluding carboxylic acids is 1. The third-order valence-electron chi connectivity index (χ3n) is 4.62. The number of aliphatic hydroxyl groups excluding tert-OH is 1. The fourth-order valence-corrected chi connectivity index (χ4v) is 4.18. The Morgan fingerprint density at radius 1 is 1.25 bits per heavy atom. The van der Waals surface area contributed by atoms with Crippen LogP contribution < -0.4 is 15.4 Å². The molecule has 0 radical (unpaired) electrons. The second-order valence-electron chi connectivity index (χ2n) is 7.43. The van der Waals surface area contributed by atoms with Crippen molar-refractivity contribution in [3.05, 3.63) is 29.8 Å². The third-order valence-corrected chi connectivity index (χ3v) is 6.10. The van der Waals surface area contributed by atoms with Crippen molar-refractivity contribution in [1.29, 1.82) is 0 Å². The zero-order valence-electron chi connectivity index (χ0n) is 16.6. The van der Waals surface area contributed by atoms with Crippen LogP contribution in [0.5, 0.6) is 0 Å². The molecule has 0 saturated carbocycles. The molecule has 28 heavy (non-hydrogen) atoms. The van der Waals surface area contributed by atoms with E-state index in [-0.39, 0.29) is 42.3 Å². The molecular weight excluding hydrogens is 382 g/mol. The van der Waals surface area contributed by atoms with E-state index in [9.17, 15) is 18.3 Å². The van der Waals surface area contributed by atoms with Gasteiger partial charge in [-0.25, -0.2) is 17.9 Å². The molecule has 2 rings (SSSR count). The molecule has 1 heterocycles. The number of urea groups is 1. The topological polar surface area (TPSA) is 117 Å². The van der Waals surface area contributed by atoms with Crippen molar-refractivity contribution < 1.29 is 23.1 Å². The number of hydrogen-bond donors (Lipinski definition) is 4. The van der Waals surface area contributed by atoms with Gasteiger partial charge >= 0.3 is 6.03 Å². The molecule has 0 unspecified atom stereocenters. The fourth-order valence-electron chi connectivity index (χ4n) is 3.14. The van der Waals surface area contributed by atoms with Gasteiger partial charge in [0.25, 0.3) is 0 Å². The number of amides is 2. The Kier molecular flexibility index (Phi) is 8.23. The highest BCUT2D eigenvalue weighted by atomic mass is 32.2. The van der Waals surface area contributed by atoms with Crippen LogP contribution in [0.25, 0.3) is 0 Å². The van der Waals surface area contributed by atoms with E-state index in [2.05, 4.69) is 15.4 Å². The average molecular weight is 414 g/mol. The van der Waals surface area contributed by atoms with Crippen molar-refractivity contribution in [1.82, 2.24) is 15.4 Å². The predicted molar refractivity (Wildman–Crippen MR) is 107 cm³/mol. The maximum Gasteiger partial charge on any atom is 0.315 e. The van der Waals surface area contributed by atoms with Crippen LogP contribution >= 0.6 is 0 Å². The highest BCUT2D eigenvalue weighted by Crippen LogP contribution is 2.22. The van der Waals surface area contributed by atoms with Gasteiger partial charge in [0, 0.05) is 12.6 Å². The molecule has 0 aromatic heterocycles. The van der Waals surface area contributed by atoms with Gasteiger partial charge in [0.2, 0.25) is 10.0 Å². The molecule has 1 aromatic rings. The number of sulfonamides is 1. The SMILES string of the molecule is Cc1ccc(S(=O)(=O)NCC[C@H]2CC[C@H](NC(=O)NC(C)C)[C@H](CO)O2)cc1. The lowest BCUT2D eigenvalue weighted by Gasteiger charge is -2.36. The van der Waals surface area contributed by atoms with Gasteiger partial charge in [-0.2, -0.15) is 0 Å². The quantitative estimate of drug-likeness (QED) is 0.512.